The summed E-state index contributed by atoms with van der Waals surface area (Å²) in [5, 5.41) is 0. The number of pyridine rings is 1. The first kappa shape index (κ1) is 16.1. The summed E-state index contributed by atoms with van der Waals surface area (Å²) in [6.45, 7) is 0.799. The number of fused-ring (bicyclic) bond motifs is 1. The van der Waals surface area contributed by atoms with Gasteiger partial charge in [-0.25, -0.2) is 0 Å². The molecule has 4 nitrogen and oxygen atoms in total. The van der Waals surface area contributed by atoms with E-state index in [0.717, 1.165) is 19.4 Å². The van der Waals surface area contributed by atoms with Crippen LogP contribution in [0.2, 0.25) is 0 Å². The van der Waals surface area contributed by atoms with Crippen LogP contribution in [0.25, 0.3) is 0 Å². The van der Waals surface area contributed by atoms with E-state index in [0.29, 0.717) is 29.1 Å². The van der Waals surface area contributed by atoms with E-state index in [-0.39, 0.29) is 5.91 Å². The Morgan fingerprint density at radius 3 is 2.68 bits per heavy atom. The normalized spacial score (nSPS) is 26.1. The van der Waals surface area contributed by atoms with Crippen LogP contribution in [0.5, 0.6) is 0 Å². The van der Waals surface area contributed by atoms with Gasteiger partial charge >= 0.3 is 0 Å². The minimum Gasteiger partial charge on any atom is -0.398 e. The molecule has 0 spiro atoms. The van der Waals surface area contributed by atoms with Gasteiger partial charge < -0.3 is 10.6 Å². The number of amides is 1. The molecule has 4 heteroatoms. The summed E-state index contributed by atoms with van der Waals surface area (Å²) in [7, 11) is 0. The van der Waals surface area contributed by atoms with Gasteiger partial charge in [-0.15, -0.1) is 0 Å². The third kappa shape index (κ3) is 3.01. The molecule has 1 amide bonds. The average molecular weight is 335 g/mol. The predicted molar refractivity (Wildman–Crippen MR) is 99.2 cm³/mol. The largest absolute Gasteiger partial charge is 0.398 e. The van der Waals surface area contributed by atoms with Crippen LogP contribution in [0.4, 0.5) is 5.69 Å². The van der Waals surface area contributed by atoms with Crippen molar-refractivity contribution in [2.24, 2.45) is 5.92 Å². The van der Waals surface area contributed by atoms with E-state index in [1.54, 1.807) is 18.5 Å². The Morgan fingerprint density at radius 1 is 1.08 bits per heavy atom. The van der Waals surface area contributed by atoms with Gasteiger partial charge in [-0.05, 0) is 42.7 Å². The van der Waals surface area contributed by atoms with E-state index in [4.69, 9.17) is 5.73 Å². The van der Waals surface area contributed by atoms with Gasteiger partial charge in [0.05, 0.1) is 5.56 Å². The fraction of sp³-hybridized carbons (Fsp3) is 0.429. The molecular formula is C21H25N3O. The van der Waals surface area contributed by atoms with Crippen LogP contribution in [0.1, 0.15) is 53.9 Å². The van der Waals surface area contributed by atoms with Crippen LogP contribution in [0.15, 0.2) is 48.8 Å². The zero-order valence-electron chi connectivity index (χ0n) is 14.5. The Hall–Kier alpha value is -2.36. The number of nitrogens with two attached hydrogens (primary N) is 1. The van der Waals surface area contributed by atoms with Gasteiger partial charge in [-0.3, -0.25) is 9.78 Å². The highest BCUT2D eigenvalue weighted by Crippen LogP contribution is 2.44. The first-order valence-corrected chi connectivity index (χ1v) is 9.31. The van der Waals surface area contributed by atoms with Crippen molar-refractivity contribution >= 4 is 11.6 Å². The Kier molecular flexibility index (Phi) is 4.43. The molecule has 1 saturated heterocycles. The van der Waals surface area contributed by atoms with E-state index in [1.165, 1.54) is 24.8 Å². The summed E-state index contributed by atoms with van der Waals surface area (Å²) in [4.78, 5) is 19.3. The van der Waals surface area contributed by atoms with Gasteiger partial charge in [0.1, 0.15) is 0 Å². The molecule has 3 atom stereocenters. The molecule has 2 N–H and O–H groups in total. The number of carbonyl (C=O) groups excluding carboxylic acids is 1. The van der Waals surface area contributed by atoms with E-state index in [2.05, 4.69) is 40.2 Å². The summed E-state index contributed by atoms with van der Waals surface area (Å²) < 4.78 is 0. The average Bonchev–Trinajstić information content (AvgIpc) is 2.68. The molecule has 2 aromatic rings. The molecular weight excluding hydrogens is 310 g/mol. The van der Waals surface area contributed by atoms with Gasteiger partial charge in [0.2, 0.25) is 0 Å². The maximum Gasteiger partial charge on any atom is 0.257 e. The topological polar surface area (TPSA) is 59.2 Å². The molecule has 4 rings (SSSR count). The lowest BCUT2D eigenvalue weighted by Crippen LogP contribution is -2.52. The van der Waals surface area contributed by atoms with Crippen molar-refractivity contribution in [1.29, 1.82) is 0 Å². The second-order valence-corrected chi connectivity index (χ2v) is 7.28. The van der Waals surface area contributed by atoms with Crippen molar-refractivity contribution in [1.82, 2.24) is 9.88 Å². The van der Waals surface area contributed by atoms with Gasteiger partial charge in [-0.2, -0.15) is 0 Å². The number of likely N-dealkylation sites (tertiary alicyclic amines) is 1. The van der Waals surface area contributed by atoms with E-state index < -0.39 is 0 Å². The molecule has 2 heterocycles. The van der Waals surface area contributed by atoms with Crippen molar-refractivity contribution in [3.05, 3.63) is 59.9 Å². The Morgan fingerprint density at radius 2 is 1.88 bits per heavy atom. The Labute approximate surface area is 149 Å². The molecule has 1 aromatic heterocycles. The zero-order chi connectivity index (χ0) is 17.2. The van der Waals surface area contributed by atoms with Crippen molar-refractivity contribution in [2.75, 3.05) is 12.3 Å². The van der Waals surface area contributed by atoms with Gasteiger partial charge in [0, 0.05) is 30.7 Å². The fourth-order valence-corrected chi connectivity index (χ4v) is 4.76. The lowest BCUT2D eigenvalue weighted by atomic mass is 9.69. The highest BCUT2D eigenvalue weighted by Gasteiger charge is 2.42. The number of piperidine rings is 1. The minimum atomic E-state index is 0.0500. The molecule has 0 unspecified atom stereocenters. The molecule has 0 radical (unpaired) electrons. The van der Waals surface area contributed by atoms with Crippen molar-refractivity contribution in [2.45, 2.75) is 44.1 Å². The third-order valence-corrected chi connectivity index (χ3v) is 5.95. The van der Waals surface area contributed by atoms with E-state index in [1.807, 2.05) is 0 Å². The standard InChI is InChI=1S/C21H25N3O/c22-19-10-12-23-14-18(19)21(25)24-13-11-16(15-6-2-1-3-7-15)17-8-4-5-9-20(17)24/h1-3,6-7,10,12,14,16-17,20H,4-5,8-9,11,13H2,(H2,22,23)/t16-,17-,20-/m1/s1. The van der Waals surface area contributed by atoms with Crippen molar-refractivity contribution in [3.8, 4) is 0 Å². The summed E-state index contributed by atoms with van der Waals surface area (Å²) in [6.07, 6.45) is 9.04. The van der Waals surface area contributed by atoms with Crippen LogP contribution in [0.3, 0.4) is 0 Å². The monoisotopic (exact) mass is 335 g/mol. The van der Waals surface area contributed by atoms with Crippen LogP contribution in [-0.2, 0) is 0 Å². The predicted octanol–water partition coefficient (Wildman–Crippen LogP) is 3.85. The Balaban J connectivity index is 1.62. The highest BCUT2D eigenvalue weighted by atomic mass is 16.2. The lowest BCUT2D eigenvalue weighted by Gasteiger charge is -2.48. The highest BCUT2D eigenvalue weighted by molar-refractivity contribution is 5.99. The molecule has 1 aliphatic carbocycles. The van der Waals surface area contributed by atoms with Gasteiger partial charge in [-0.1, -0.05) is 43.2 Å². The van der Waals surface area contributed by atoms with E-state index >= 15 is 0 Å². The number of benzene rings is 1. The van der Waals surface area contributed by atoms with Crippen LogP contribution >= 0.6 is 0 Å². The molecule has 2 fully saturated rings. The maximum absolute atomic E-state index is 13.1. The second kappa shape index (κ2) is 6.87. The van der Waals surface area contributed by atoms with Crippen LogP contribution in [-0.4, -0.2) is 28.4 Å². The number of nitrogen functional groups attached to an aromatic ring is 1. The second-order valence-electron chi connectivity index (χ2n) is 7.28. The van der Waals surface area contributed by atoms with Crippen LogP contribution < -0.4 is 5.73 Å². The molecule has 1 aromatic carbocycles. The quantitative estimate of drug-likeness (QED) is 0.907. The maximum atomic E-state index is 13.1. The minimum absolute atomic E-state index is 0.0500. The first-order valence-electron chi connectivity index (χ1n) is 9.31. The zero-order valence-corrected chi connectivity index (χ0v) is 14.5. The van der Waals surface area contributed by atoms with Gasteiger partial charge in [0.25, 0.3) is 5.91 Å². The van der Waals surface area contributed by atoms with Crippen LogP contribution in [0, 0.1) is 5.92 Å². The number of rotatable bonds is 2. The number of hydrogen-bond acceptors (Lipinski definition) is 3. The number of nitrogens with zero attached hydrogens (tertiary/aromatic N) is 2. The molecule has 25 heavy (non-hydrogen) atoms. The summed E-state index contributed by atoms with van der Waals surface area (Å²) >= 11 is 0. The number of anilines is 1. The summed E-state index contributed by atoms with van der Waals surface area (Å²) in [5.41, 5.74) is 8.52. The van der Waals surface area contributed by atoms with Crippen molar-refractivity contribution in [3.63, 3.8) is 0 Å². The summed E-state index contributed by atoms with van der Waals surface area (Å²) in [6, 6.07) is 12.8. The molecule has 1 aliphatic heterocycles. The third-order valence-electron chi connectivity index (χ3n) is 5.95. The lowest BCUT2D eigenvalue weighted by molar-refractivity contribution is 0.0320. The SMILES string of the molecule is Nc1ccncc1C(=O)N1CC[C@H](c2ccccc2)[C@H]2CCCC[C@H]21. The van der Waals surface area contributed by atoms with Crippen molar-refractivity contribution < 1.29 is 4.79 Å². The first-order chi connectivity index (χ1) is 12.3. The number of carbonyl (C=O) groups is 1. The number of hydrogen-bond donors (Lipinski definition) is 1. The van der Waals surface area contributed by atoms with E-state index in [9.17, 15) is 4.79 Å². The fourth-order valence-electron chi connectivity index (χ4n) is 4.76. The molecule has 130 valence electrons. The number of aromatic nitrogens is 1. The van der Waals surface area contributed by atoms with Gasteiger partial charge in [0.15, 0.2) is 0 Å². The molecule has 0 bridgehead atoms. The molecule has 2 aliphatic rings. The molecule has 1 saturated carbocycles. The Bertz CT molecular complexity index is 746. The summed E-state index contributed by atoms with van der Waals surface area (Å²) in [5.74, 6) is 1.16. The smallest absolute Gasteiger partial charge is 0.257 e.